The number of hydrogen-bond donors (Lipinski definition) is 4. The molecule has 2 saturated heterocycles. The minimum absolute atomic E-state index is 0.00547. The van der Waals surface area contributed by atoms with Crippen molar-refractivity contribution in [1.29, 1.82) is 0 Å². The van der Waals surface area contributed by atoms with Gasteiger partial charge in [-0.15, -0.1) is 0 Å². The van der Waals surface area contributed by atoms with Crippen molar-refractivity contribution in [2.45, 2.75) is 97.6 Å². The summed E-state index contributed by atoms with van der Waals surface area (Å²) >= 11 is 0. The molecule has 2 aliphatic rings. The maximum Gasteiger partial charge on any atom is 0.355 e. The molecule has 4 N–H and O–H groups in total. The molecule has 0 spiro atoms. The van der Waals surface area contributed by atoms with Crippen LogP contribution in [0.2, 0.25) is 0 Å². The van der Waals surface area contributed by atoms with E-state index in [4.69, 9.17) is 4.74 Å². The molecule has 2 fully saturated rings. The van der Waals surface area contributed by atoms with Crippen LogP contribution in [0.25, 0.3) is 0 Å². The van der Waals surface area contributed by atoms with E-state index in [0.29, 0.717) is 6.42 Å². The summed E-state index contributed by atoms with van der Waals surface area (Å²) in [5.74, 6) is -3.62. The fourth-order valence-corrected chi connectivity index (χ4v) is 5.29. The highest BCUT2D eigenvalue weighted by Gasteiger charge is 2.48. The molecule has 0 aliphatic carbocycles. The van der Waals surface area contributed by atoms with Gasteiger partial charge in [0.2, 0.25) is 17.5 Å². The van der Waals surface area contributed by atoms with Crippen LogP contribution in [0.3, 0.4) is 0 Å². The molecule has 0 saturated carbocycles. The first-order valence-electron chi connectivity index (χ1n) is 15.1. The molecular weight excluding hydrogens is 570 g/mol. The maximum absolute atomic E-state index is 13.8. The minimum atomic E-state index is -2.12. The molecule has 0 aromatic rings. The lowest BCUT2D eigenvalue weighted by atomic mass is 9.96. The summed E-state index contributed by atoms with van der Waals surface area (Å²) in [7, 11) is 1.41. The monoisotopic (exact) mass is 621 g/mol. The first kappa shape index (κ1) is 36.9. The number of hydrogen-bond acceptors (Lipinski definition) is 9. The van der Waals surface area contributed by atoms with Gasteiger partial charge in [0, 0.05) is 33.0 Å². The van der Waals surface area contributed by atoms with Gasteiger partial charge in [-0.05, 0) is 44.1 Å². The minimum Gasteiger partial charge on any atom is -0.462 e. The number of allylic oxidation sites excluding steroid dienone is 1. The van der Waals surface area contributed by atoms with Crippen molar-refractivity contribution < 1.29 is 38.9 Å². The molecule has 44 heavy (non-hydrogen) atoms. The van der Waals surface area contributed by atoms with Crippen LogP contribution in [-0.4, -0.2) is 111 Å². The Hall–Kier alpha value is -3.29. The summed E-state index contributed by atoms with van der Waals surface area (Å²) in [6.45, 7) is 16.4. The lowest BCUT2D eigenvalue weighted by molar-refractivity contribution is -0.189. The van der Waals surface area contributed by atoms with E-state index < -0.39 is 58.9 Å². The van der Waals surface area contributed by atoms with Crippen molar-refractivity contribution in [2.24, 2.45) is 11.3 Å². The molecular formula is C31H51N5O8. The van der Waals surface area contributed by atoms with Crippen LogP contribution < -0.4 is 10.7 Å². The number of likely N-dealkylation sites (N-methyl/N-ethyl adjacent to an activating group) is 1. The van der Waals surface area contributed by atoms with E-state index in [1.54, 1.807) is 33.8 Å². The van der Waals surface area contributed by atoms with Gasteiger partial charge in [-0.25, -0.2) is 4.79 Å². The predicted octanol–water partition coefficient (Wildman–Crippen LogP) is 0.865. The van der Waals surface area contributed by atoms with Crippen molar-refractivity contribution in [3.8, 4) is 0 Å². The predicted molar refractivity (Wildman–Crippen MR) is 163 cm³/mol. The summed E-state index contributed by atoms with van der Waals surface area (Å²) in [4.78, 5) is 68.3. The third-order valence-electron chi connectivity index (χ3n) is 7.88. The fraction of sp³-hybridized carbons (Fsp3) is 0.710. The Bertz CT molecular complexity index is 1150. The fourth-order valence-electron chi connectivity index (χ4n) is 5.29. The van der Waals surface area contributed by atoms with Crippen molar-refractivity contribution in [3.63, 3.8) is 0 Å². The number of nitrogens with one attached hydrogen (secondary N) is 2. The lowest BCUT2D eigenvalue weighted by Crippen LogP contribution is -2.67. The highest BCUT2D eigenvalue weighted by atomic mass is 16.6. The highest BCUT2D eigenvalue weighted by molar-refractivity contribution is 5.95. The second-order valence-electron chi connectivity index (χ2n) is 13.5. The molecule has 0 aromatic carbocycles. The molecule has 0 bridgehead atoms. The third kappa shape index (κ3) is 9.12. The van der Waals surface area contributed by atoms with Crippen LogP contribution >= 0.6 is 0 Å². The molecule has 13 nitrogen and oxygen atoms in total. The van der Waals surface area contributed by atoms with Gasteiger partial charge in [-0.2, -0.15) is 5.43 Å². The molecule has 248 valence electrons. The first-order valence-corrected chi connectivity index (χ1v) is 15.1. The van der Waals surface area contributed by atoms with Crippen molar-refractivity contribution in [3.05, 3.63) is 24.3 Å². The van der Waals surface area contributed by atoms with Gasteiger partial charge in [-0.3, -0.25) is 24.2 Å². The van der Waals surface area contributed by atoms with Gasteiger partial charge in [0.1, 0.15) is 12.1 Å². The number of ether oxygens (including phenoxy) is 1. The second-order valence-corrected chi connectivity index (χ2v) is 13.5. The zero-order chi connectivity index (χ0) is 33.6. The average Bonchev–Trinajstić information content (AvgIpc) is 3.36. The molecule has 0 radical (unpaired) electrons. The Morgan fingerprint density at radius 2 is 1.77 bits per heavy atom. The van der Waals surface area contributed by atoms with E-state index in [0.717, 1.165) is 21.6 Å². The average molecular weight is 622 g/mol. The number of esters is 1. The van der Waals surface area contributed by atoms with Crippen LogP contribution in [0, 0.1) is 11.3 Å². The van der Waals surface area contributed by atoms with Crippen molar-refractivity contribution >= 4 is 29.6 Å². The Labute approximate surface area is 260 Å². The smallest absolute Gasteiger partial charge is 0.355 e. The second kappa shape index (κ2) is 14.7. The number of carbonyl (C=O) groups is 5. The molecule has 0 aromatic heterocycles. The van der Waals surface area contributed by atoms with E-state index in [9.17, 15) is 34.2 Å². The quantitative estimate of drug-likeness (QED) is 0.149. The number of amides is 4. The number of aliphatic hydroxyl groups is 2. The number of rotatable bonds is 11. The van der Waals surface area contributed by atoms with E-state index >= 15 is 0 Å². The third-order valence-corrected chi connectivity index (χ3v) is 7.88. The van der Waals surface area contributed by atoms with Gasteiger partial charge in [0.25, 0.3) is 11.8 Å². The molecule has 2 aliphatic heterocycles. The van der Waals surface area contributed by atoms with Crippen LogP contribution in [0.5, 0.6) is 0 Å². The van der Waals surface area contributed by atoms with E-state index in [1.165, 1.54) is 11.9 Å². The summed E-state index contributed by atoms with van der Waals surface area (Å²) in [6.07, 6.45) is 3.40. The number of carbonyl (C=O) groups excluding carboxylic acids is 5. The van der Waals surface area contributed by atoms with Crippen molar-refractivity contribution in [1.82, 2.24) is 25.6 Å². The van der Waals surface area contributed by atoms with Gasteiger partial charge < -0.3 is 30.1 Å². The molecule has 4 atom stereocenters. The van der Waals surface area contributed by atoms with Gasteiger partial charge in [-0.1, -0.05) is 52.8 Å². The summed E-state index contributed by atoms with van der Waals surface area (Å²) in [6, 6.07) is -2.16. The van der Waals surface area contributed by atoms with Crippen LogP contribution in [0.1, 0.15) is 74.1 Å². The molecule has 4 amide bonds. The maximum atomic E-state index is 13.8. The zero-order valence-electron chi connectivity index (χ0n) is 27.4. The Kier molecular flexibility index (Phi) is 12.3. The summed E-state index contributed by atoms with van der Waals surface area (Å²) in [5, 5.41) is 26.1. The zero-order valence-corrected chi connectivity index (χ0v) is 27.4. The highest BCUT2D eigenvalue weighted by Crippen LogP contribution is 2.26. The van der Waals surface area contributed by atoms with E-state index in [-0.39, 0.29) is 50.9 Å². The van der Waals surface area contributed by atoms with E-state index in [1.807, 2.05) is 20.8 Å². The molecule has 2 unspecified atom stereocenters. The first-order chi connectivity index (χ1) is 20.3. The number of likely N-dealkylation sites (tertiary alicyclic amines) is 1. The standard InChI is InChI=1S/C31H51N5O8/c1-10-21(5)17-22(26(39)36-15-12-13-31(43,33-36)28(41)44-19-29(6,7)8)32-25(38)24(20(3)4)34(9)27(40)30(42)14-16-35(18-30)23(37)11-2/h10-11,20,22,24,33,42-43H,2,12-19H2,1,3-9H3,(H,32,38)/b21-10+/t22-,24-,30?,31?/m0/s1. The Morgan fingerprint density at radius 3 is 2.32 bits per heavy atom. The Balaban J connectivity index is 2.26. The van der Waals surface area contributed by atoms with Gasteiger partial charge in [0.05, 0.1) is 13.2 Å². The van der Waals surface area contributed by atoms with E-state index in [2.05, 4.69) is 17.3 Å². The van der Waals surface area contributed by atoms with Gasteiger partial charge >= 0.3 is 5.97 Å². The van der Waals surface area contributed by atoms with Crippen LogP contribution in [0.15, 0.2) is 24.3 Å². The van der Waals surface area contributed by atoms with Gasteiger partial charge in [0.15, 0.2) is 5.60 Å². The number of hydrazine groups is 1. The Morgan fingerprint density at radius 1 is 1.14 bits per heavy atom. The topological polar surface area (TPSA) is 169 Å². The number of nitrogens with zero attached hydrogens (tertiary/aromatic N) is 3. The number of β-amino-alcohol motifs (C(OH)–C–C–N with tert-alkyl or cyclic N) is 1. The molecule has 2 heterocycles. The van der Waals surface area contributed by atoms with Crippen LogP contribution in [0.4, 0.5) is 0 Å². The molecule has 2 rings (SSSR count). The summed E-state index contributed by atoms with van der Waals surface area (Å²) in [5.41, 5.74) is -0.892. The molecule has 13 heteroatoms. The normalized spacial score (nSPS) is 24.0. The SMILES string of the molecule is C=CC(=O)N1CCC(O)(C(=O)N(C)[C@H](C(=O)N[C@@H](C/C(C)=C/C)C(=O)N2CCCC(O)(C(=O)OCC(C)(C)C)N2)C(C)C)C1. The lowest BCUT2D eigenvalue weighted by Gasteiger charge is -2.40. The van der Waals surface area contributed by atoms with Crippen LogP contribution in [-0.2, 0) is 28.7 Å². The largest absolute Gasteiger partial charge is 0.462 e. The van der Waals surface area contributed by atoms with Crippen molar-refractivity contribution in [2.75, 3.05) is 33.3 Å². The summed E-state index contributed by atoms with van der Waals surface area (Å²) < 4.78 is 5.31.